The maximum absolute atomic E-state index is 11.2. The van der Waals surface area contributed by atoms with Gasteiger partial charge in [-0.1, -0.05) is 32.0 Å². The minimum Gasteiger partial charge on any atom is -0.491 e. The second-order valence-electron chi connectivity index (χ2n) is 6.54. The SMILES string of the molecule is CC.Cc1cc(OCC2COC(C)O2)cc(C)c1-c1cccc(C=O)c1C. The Morgan fingerprint density at radius 3 is 2.37 bits per heavy atom. The van der Waals surface area contributed by atoms with Gasteiger partial charge in [0.05, 0.1) is 6.61 Å². The first-order valence-electron chi connectivity index (χ1n) is 9.56. The summed E-state index contributed by atoms with van der Waals surface area (Å²) in [5.74, 6) is 0.825. The van der Waals surface area contributed by atoms with Gasteiger partial charge in [0, 0.05) is 5.56 Å². The van der Waals surface area contributed by atoms with Gasteiger partial charge in [0.1, 0.15) is 24.7 Å². The van der Waals surface area contributed by atoms with Crippen LogP contribution >= 0.6 is 0 Å². The van der Waals surface area contributed by atoms with Crippen molar-refractivity contribution in [2.24, 2.45) is 0 Å². The largest absolute Gasteiger partial charge is 0.491 e. The van der Waals surface area contributed by atoms with Gasteiger partial charge in [0.15, 0.2) is 6.29 Å². The van der Waals surface area contributed by atoms with Crippen molar-refractivity contribution in [1.29, 1.82) is 0 Å². The zero-order valence-electron chi connectivity index (χ0n) is 17.2. The summed E-state index contributed by atoms with van der Waals surface area (Å²) in [7, 11) is 0. The number of hydrogen-bond acceptors (Lipinski definition) is 4. The van der Waals surface area contributed by atoms with E-state index in [4.69, 9.17) is 14.2 Å². The molecule has 1 aliphatic rings. The summed E-state index contributed by atoms with van der Waals surface area (Å²) >= 11 is 0. The van der Waals surface area contributed by atoms with Crippen molar-refractivity contribution in [2.45, 2.75) is 53.9 Å². The van der Waals surface area contributed by atoms with Gasteiger partial charge in [-0.05, 0) is 67.6 Å². The van der Waals surface area contributed by atoms with Crippen LogP contribution in [0.1, 0.15) is 47.8 Å². The highest BCUT2D eigenvalue weighted by molar-refractivity contribution is 5.84. The Hall–Kier alpha value is -2.17. The molecule has 0 radical (unpaired) electrons. The molecule has 3 rings (SSSR count). The lowest BCUT2D eigenvalue weighted by Gasteiger charge is -2.17. The molecule has 1 aliphatic heterocycles. The summed E-state index contributed by atoms with van der Waals surface area (Å²) in [4.78, 5) is 11.2. The Morgan fingerprint density at radius 1 is 1.15 bits per heavy atom. The molecule has 4 nitrogen and oxygen atoms in total. The molecule has 1 heterocycles. The van der Waals surface area contributed by atoms with Crippen molar-refractivity contribution in [2.75, 3.05) is 13.2 Å². The van der Waals surface area contributed by atoms with Gasteiger partial charge < -0.3 is 14.2 Å². The molecule has 0 aromatic heterocycles. The van der Waals surface area contributed by atoms with E-state index in [2.05, 4.69) is 19.9 Å². The zero-order valence-corrected chi connectivity index (χ0v) is 17.2. The molecule has 27 heavy (non-hydrogen) atoms. The molecule has 2 unspecified atom stereocenters. The van der Waals surface area contributed by atoms with Crippen LogP contribution in [0.5, 0.6) is 5.75 Å². The van der Waals surface area contributed by atoms with Gasteiger partial charge in [0.25, 0.3) is 0 Å². The van der Waals surface area contributed by atoms with E-state index < -0.39 is 0 Å². The van der Waals surface area contributed by atoms with Gasteiger partial charge >= 0.3 is 0 Å². The number of aryl methyl sites for hydroxylation is 2. The van der Waals surface area contributed by atoms with E-state index in [1.807, 2.05) is 52.0 Å². The number of ether oxygens (including phenoxy) is 3. The van der Waals surface area contributed by atoms with Crippen LogP contribution in [-0.2, 0) is 9.47 Å². The number of hydrogen-bond donors (Lipinski definition) is 0. The van der Waals surface area contributed by atoms with Crippen molar-refractivity contribution in [1.82, 2.24) is 0 Å². The molecule has 2 atom stereocenters. The van der Waals surface area contributed by atoms with Crippen molar-refractivity contribution < 1.29 is 19.0 Å². The van der Waals surface area contributed by atoms with Gasteiger partial charge in [-0.25, -0.2) is 0 Å². The van der Waals surface area contributed by atoms with Gasteiger partial charge in [-0.15, -0.1) is 0 Å². The Morgan fingerprint density at radius 2 is 1.81 bits per heavy atom. The molecule has 2 aromatic rings. The lowest BCUT2D eigenvalue weighted by atomic mass is 9.90. The summed E-state index contributed by atoms with van der Waals surface area (Å²) in [5.41, 5.74) is 6.22. The van der Waals surface area contributed by atoms with Crippen LogP contribution in [0.15, 0.2) is 30.3 Å². The molecule has 4 heteroatoms. The Bertz CT molecular complexity index is 759. The van der Waals surface area contributed by atoms with Crippen LogP contribution in [-0.4, -0.2) is 31.9 Å². The van der Waals surface area contributed by atoms with Gasteiger partial charge in [-0.2, -0.15) is 0 Å². The van der Waals surface area contributed by atoms with Gasteiger partial charge in [-0.3, -0.25) is 4.79 Å². The van der Waals surface area contributed by atoms with Gasteiger partial charge in [0.2, 0.25) is 0 Å². The van der Waals surface area contributed by atoms with E-state index in [0.29, 0.717) is 13.2 Å². The Balaban J connectivity index is 0.00000126. The molecule has 0 aliphatic carbocycles. The minimum absolute atomic E-state index is 0.0261. The Kier molecular flexibility index (Phi) is 7.57. The molecule has 0 N–H and O–H groups in total. The third-order valence-electron chi connectivity index (χ3n) is 4.62. The summed E-state index contributed by atoms with van der Waals surface area (Å²) in [6.07, 6.45) is 0.723. The molecule has 0 bridgehead atoms. The summed E-state index contributed by atoms with van der Waals surface area (Å²) in [6, 6.07) is 9.90. The van der Waals surface area contributed by atoms with Crippen LogP contribution in [0, 0.1) is 20.8 Å². The number of carbonyl (C=O) groups excluding carboxylic acids is 1. The van der Waals surface area contributed by atoms with Crippen LogP contribution in [0.25, 0.3) is 11.1 Å². The molecular weight excluding hydrogens is 340 g/mol. The highest BCUT2D eigenvalue weighted by Gasteiger charge is 2.23. The third kappa shape index (κ3) is 4.96. The second kappa shape index (κ2) is 9.67. The van der Waals surface area contributed by atoms with Crippen LogP contribution in [0.3, 0.4) is 0 Å². The van der Waals surface area contributed by atoms with Crippen molar-refractivity contribution in [3.8, 4) is 16.9 Å². The van der Waals surface area contributed by atoms with Crippen molar-refractivity contribution >= 4 is 6.29 Å². The molecule has 0 amide bonds. The normalized spacial score (nSPS) is 18.6. The second-order valence-corrected chi connectivity index (χ2v) is 6.54. The maximum atomic E-state index is 11.2. The maximum Gasteiger partial charge on any atom is 0.155 e. The predicted octanol–water partition coefficient (Wildman–Crippen LogP) is 5.26. The Labute approximate surface area is 162 Å². The lowest BCUT2D eigenvalue weighted by Crippen LogP contribution is -2.20. The first kappa shape index (κ1) is 21.1. The fraction of sp³-hybridized carbons (Fsp3) is 0.435. The molecule has 146 valence electrons. The fourth-order valence-corrected chi connectivity index (χ4v) is 3.35. The average molecular weight is 370 g/mol. The fourth-order valence-electron chi connectivity index (χ4n) is 3.35. The monoisotopic (exact) mass is 370 g/mol. The van der Waals surface area contributed by atoms with Crippen LogP contribution in [0.2, 0.25) is 0 Å². The standard InChI is InChI=1S/C21H24O4.C2H6/c1-13-8-18(24-12-19-11-23-16(4)25-19)9-14(2)21(13)20-7-5-6-17(10-22)15(20)3;1-2/h5-10,16,19H,11-12H2,1-4H3;1-2H3. The molecule has 1 fully saturated rings. The molecule has 2 aromatic carbocycles. The first-order chi connectivity index (χ1) is 13.0. The van der Waals surface area contributed by atoms with E-state index in [1.54, 1.807) is 0 Å². The van der Waals surface area contributed by atoms with Crippen molar-refractivity contribution in [3.05, 3.63) is 52.6 Å². The first-order valence-corrected chi connectivity index (χ1v) is 9.56. The number of carbonyl (C=O) groups is 1. The summed E-state index contributed by atoms with van der Waals surface area (Å²) < 4.78 is 16.9. The van der Waals surface area contributed by atoms with E-state index in [1.165, 1.54) is 0 Å². The third-order valence-corrected chi connectivity index (χ3v) is 4.62. The molecule has 1 saturated heterocycles. The van der Waals surface area contributed by atoms with Crippen molar-refractivity contribution in [3.63, 3.8) is 0 Å². The smallest absolute Gasteiger partial charge is 0.155 e. The number of rotatable bonds is 5. The average Bonchev–Trinajstić information content (AvgIpc) is 3.08. The lowest BCUT2D eigenvalue weighted by molar-refractivity contribution is -0.0486. The van der Waals surface area contributed by atoms with E-state index in [-0.39, 0.29) is 12.4 Å². The van der Waals surface area contributed by atoms with E-state index >= 15 is 0 Å². The number of benzene rings is 2. The molecule has 0 spiro atoms. The van der Waals surface area contributed by atoms with E-state index in [0.717, 1.165) is 45.4 Å². The number of aldehydes is 1. The van der Waals surface area contributed by atoms with E-state index in [9.17, 15) is 4.79 Å². The zero-order chi connectivity index (χ0) is 20.0. The molecule has 0 saturated carbocycles. The molecular formula is C23H30O4. The summed E-state index contributed by atoms with van der Waals surface area (Å²) in [6.45, 7) is 13.1. The quantitative estimate of drug-likeness (QED) is 0.674. The van der Waals surface area contributed by atoms with Crippen LogP contribution < -0.4 is 4.74 Å². The predicted molar refractivity (Wildman–Crippen MR) is 109 cm³/mol. The topological polar surface area (TPSA) is 44.8 Å². The highest BCUT2D eigenvalue weighted by Crippen LogP contribution is 2.34. The minimum atomic E-state index is -0.160. The summed E-state index contributed by atoms with van der Waals surface area (Å²) in [5, 5.41) is 0. The highest BCUT2D eigenvalue weighted by atomic mass is 16.7. The van der Waals surface area contributed by atoms with Crippen LogP contribution in [0.4, 0.5) is 0 Å².